The van der Waals surface area contributed by atoms with E-state index in [4.69, 9.17) is 12.2 Å². The first-order valence-electron chi connectivity index (χ1n) is 10.7. The van der Waals surface area contributed by atoms with Gasteiger partial charge in [0.2, 0.25) is 0 Å². The third-order valence-corrected chi connectivity index (χ3v) is 6.53. The number of nitrogens with one attached hydrogen (secondary N) is 2. The zero-order chi connectivity index (χ0) is 21.0. The van der Waals surface area contributed by atoms with Crippen LogP contribution in [0.15, 0.2) is 23.0 Å². The maximum absolute atomic E-state index is 12.9. The number of H-pyrrole nitrogens is 1. The lowest BCUT2D eigenvalue weighted by Crippen LogP contribution is -2.41. The second-order valence-electron chi connectivity index (χ2n) is 8.02. The third-order valence-electron chi connectivity index (χ3n) is 6.21. The highest BCUT2D eigenvalue weighted by Gasteiger charge is 2.23. The van der Waals surface area contributed by atoms with E-state index in [0.29, 0.717) is 33.7 Å². The average molecular weight is 417 g/mol. The number of carbonyl (C=O) groups is 1. The first kappa shape index (κ1) is 21.7. The van der Waals surface area contributed by atoms with E-state index in [9.17, 15) is 9.59 Å². The molecule has 1 heterocycles. The molecule has 0 radical (unpaired) electrons. The maximum Gasteiger partial charge on any atom is 0.262 e. The monoisotopic (exact) mass is 416 g/mol. The number of carbonyl (C=O) groups excluding carboxylic acids is 1. The number of nitrogens with zero attached hydrogens (tertiary/aromatic N) is 2. The molecule has 158 valence electrons. The van der Waals surface area contributed by atoms with Crippen LogP contribution >= 0.6 is 12.2 Å². The highest BCUT2D eigenvalue weighted by Crippen LogP contribution is 2.24. The van der Waals surface area contributed by atoms with E-state index in [-0.39, 0.29) is 17.5 Å². The second kappa shape index (κ2) is 9.67. The van der Waals surface area contributed by atoms with Crippen molar-refractivity contribution in [2.24, 2.45) is 5.92 Å². The van der Waals surface area contributed by atoms with E-state index in [2.05, 4.69) is 36.0 Å². The molecule has 29 heavy (non-hydrogen) atoms. The number of rotatable bonds is 7. The van der Waals surface area contributed by atoms with E-state index in [1.165, 1.54) is 6.42 Å². The van der Waals surface area contributed by atoms with Gasteiger partial charge in [0.05, 0.1) is 10.9 Å². The van der Waals surface area contributed by atoms with Gasteiger partial charge >= 0.3 is 0 Å². The number of hydrogen-bond acceptors (Lipinski definition) is 4. The van der Waals surface area contributed by atoms with Crippen LogP contribution in [0.3, 0.4) is 0 Å². The summed E-state index contributed by atoms with van der Waals surface area (Å²) < 4.78 is 2.01. The fourth-order valence-electron chi connectivity index (χ4n) is 4.16. The first-order chi connectivity index (χ1) is 13.9. The lowest BCUT2D eigenvalue weighted by Gasteiger charge is -2.29. The molecule has 1 aromatic carbocycles. The largest absolute Gasteiger partial charge is 0.349 e. The van der Waals surface area contributed by atoms with Crippen molar-refractivity contribution in [3.63, 3.8) is 0 Å². The van der Waals surface area contributed by atoms with Crippen LogP contribution in [0.2, 0.25) is 0 Å². The van der Waals surface area contributed by atoms with Crippen molar-refractivity contribution in [2.75, 3.05) is 19.6 Å². The van der Waals surface area contributed by atoms with Crippen LogP contribution in [0.4, 0.5) is 0 Å². The summed E-state index contributed by atoms with van der Waals surface area (Å²) in [6, 6.07) is 5.43. The molecule has 2 N–H and O–H groups in total. The molecule has 7 heteroatoms. The van der Waals surface area contributed by atoms with Crippen LogP contribution in [0.25, 0.3) is 10.9 Å². The fourth-order valence-corrected chi connectivity index (χ4v) is 4.45. The second-order valence-corrected chi connectivity index (χ2v) is 8.40. The van der Waals surface area contributed by atoms with Crippen molar-refractivity contribution in [2.45, 2.75) is 59.0 Å². The van der Waals surface area contributed by atoms with Crippen LogP contribution in [0, 0.1) is 10.7 Å². The molecule has 1 aliphatic carbocycles. The molecule has 6 nitrogen and oxygen atoms in total. The summed E-state index contributed by atoms with van der Waals surface area (Å²) in [6.07, 6.45) is 4.58. The van der Waals surface area contributed by atoms with Gasteiger partial charge in [0, 0.05) is 24.7 Å². The van der Waals surface area contributed by atoms with Crippen LogP contribution in [-0.4, -0.2) is 46.0 Å². The molecule has 1 amide bonds. The predicted octanol–water partition coefficient (Wildman–Crippen LogP) is 3.71. The number of aromatic nitrogens is 2. The summed E-state index contributed by atoms with van der Waals surface area (Å²) >= 11 is 5.43. The highest BCUT2D eigenvalue weighted by molar-refractivity contribution is 7.71. The Balaban J connectivity index is 1.83. The third kappa shape index (κ3) is 4.95. The number of likely N-dealkylation sites (N-methyl/N-ethyl adjacent to an activating group) is 1. The van der Waals surface area contributed by atoms with Crippen molar-refractivity contribution < 1.29 is 4.79 Å². The fraction of sp³-hybridized carbons (Fsp3) is 0.591. The van der Waals surface area contributed by atoms with Crippen molar-refractivity contribution in [3.05, 3.63) is 38.9 Å². The molecule has 1 aromatic heterocycles. The summed E-state index contributed by atoms with van der Waals surface area (Å²) in [5, 5.41) is 3.72. The summed E-state index contributed by atoms with van der Waals surface area (Å²) in [6.45, 7) is 9.61. The number of amides is 1. The van der Waals surface area contributed by atoms with Gasteiger partial charge < -0.3 is 15.2 Å². The van der Waals surface area contributed by atoms with Crippen molar-refractivity contribution >= 4 is 29.0 Å². The quantitative estimate of drug-likeness (QED) is 0.675. The molecule has 1 aliphatic rings. The maximum atomic E-state index is 12.9. The number of benzene rings is 1. The van der Waals surface area contributed by atoms with Crippen molar-refractivity contribution in [3.8, 4) is 0 Å². The lowest BCUT2D eigenvalue weighted by atomic mass is 9.86. The molecule has 2 atom stereocenters. The zero-order valence-corrected chi connectivity index (χ0v) is 18.5. The molecule has 0 saturated heterocycles. The van der Waals surface area contributed by atoms with Gasteiger partial charge in [0.15, 0.2) is 4.77 Å². The Labute approximate surface area is 177 Å². The highest BCUT2D eigenvalue weighted by atomic mass is 32.1. The van der Waals surface area contributed by atoms with Gasteiger partial charge in [0.1, 0.15) is 0 Å². The summed E-state index contributed by atoms with van der Waals surface area (Å²) in [5.41, 5.74) is 1.06. The van der Waals surface area contributed by atoms with Crippen molar-refractivity contribution in [1.82, 2.24) is 19.8 Å². The Bertz CT molecular complexity index is 977. The van der Waals surface area contributed by atoms with Gasteiger partial charge in [0.25, 0.3) is 11.5 Å². The summed E-state index contributed by atoms with van der Waals surface area (Å²) in [4.78, 5) is 31.1. The van der Waals surface area contributed by atoms with Gasteiger partial charge in [-0.2, -0.15) is 0 Å². The van der Waals surface area contributed by atoms with Gasteiger partial charge in [-0.1, -0.05) is 33.6 Å². The Kier molecular flexibility index (Phi) is 7.24. The van der Waals surface area contributed by atoms with Gasteiger partial charge in [-0.25, -0.2) is 0 Å². The standard InChI is InChI=1S/C22H32N4O2S/c1-4-25(5-2)12-13-26-21(28)17-11-10-16(14-19(17)24-22(26)29)20(27)23-18-9-7-6-8-15(18)3/h10-11,14-15,18H,4-9,12-13H2,1-3H3,(H,23,27)(H,24,29). The van der Waals surface area contributed by atoms with Crippen molar-refractivity contribution in [1.29, 1.82) is 0 Å². The minimum absolute atomic E-state index is 0.0873. The number of hydrogen-bond donors (Lipinski definition) is 2. The molecule has 1 fully saturated rings. The smallest absolute Gasteiger partial charge is 0.262 e. The first-order valence-corrected chi connectivity index (χ1v) is 11.2. The van der Waals surface area contributed by atoms with E-state index >= 15 is 0 Å². The molecule has 0 aliphatic heterocycles. The Hall–Kier alpha value is -1.99. The molecule has 1 saturated carbocycles. The minimum Gasteiger partial charge on any atom is -0.349 e. The normalized spacial score (nSPS) is 19.6. The molecule has 0 spiro atoms. The zero-order valence-electron chi connectivity index (χ0n) is 17.7. The molecule has 2 unspecified atom stereocenters. The van der Waals surface area contributed by atoms with Gasteiger partial charge in [-0.3, -0.25) is 14.2 Å². The van der Waals surface area contributed by atoms with Gasteiger partial charge in [-0.05, 0) is 62.3 Å². The Morgan fingerprint density at radius 3 is 2.69 bits per heavy atom. The predicted molar refractivity (Wildman–Crippen MR) is 120 cm³/mol. The van der Waals surface area contributed by atoms with Crippen LogP contribution in [0.1, 0.15) is 56.8 Å². The summed E-state index contributed by atoms with van der Waals surface area (Å²) in [7, 11) is 0. The van der Waals surface area contributed by atoms with E-state index in [1.54, 1.807) is 22.8 Å². The molecular weight excluding hydrogens is 384 g/mol. The van der Waals surface area contributed by atoms with Crippen LogP contribution in [0.5, 0.6) is 0 Å². The summed E-state index contributed by atoms with van der Waals surface area (Å²) in [5.74, 6) is 0.410. The Morgan fingerprint density at radius 1 is 1.28 bits per heavy atom. The molecule has 2 aromatic rings. The van der Waals surface area contributed by atoms with Crippen LogP contribution in [-0.2, 0) is 6.54 Å². The molecular formula is C22H32N4O2S. The van der Waals surface area contributed by atoms with E-state index in [0.717, 1.165) is 38.9 Å². The van der Waals surface area contributed by atoms with E-state index < -0.39 is 0 Å². The van der Waals surface area contributed by atoms with Gasteiger partial charge in [-0.15, -0.1) is 0 Å². The minimum atomic E-state index is -0.108. The van der Waals surface area contributed by atoms with E-state index in [1.807, 2.05) is 0 Å². The molecule has 0 bridgehead atoms. The number of fused-ring (bicyclic) bond motifs is 1. The number of aromatic amines is 1. The SMILES string of the molecule is CCN(CC)CCn1c(=S)[nH]c2cc(C(=O)NC3CCCCC3C)ccc2c1=O. The molecule has 3 rings (SSSR count). The van der Waals surface area contributed by atoms with Crippen LogP contribution < -0.4 is 10.9 Å². The topological polar surface area (TPSA) is 70.1 Å². The Morgan fingerprint density at radius 2 is 2.00 bits per heavy atom. The lowest BCUT2D eigenvalue weighted by molar-refractivity contribution is 0.0910. The average Bonchev–Trinajstić information content (AvgIpc) is 2.72.